The van der Waals surface area contributed by atoms with Crippen molar-refractivity contribution in [2.45, 2.75) is 45.8 Å². The molecule has 0 aromatic carbocycles. The van der Waals surface area contributed by atoms with Crippen LogP contribution in [0.3, 0.4) is 0 Å². The Morgan fingerprint density at radius 2 is 2.39 bits per heavy atom. The minimum atomic E-state index is 0.292. The maximum atomic E-state index is 5.82. The average molecular weight is 266 g/mol. The topological polar surface area (TPSA) is 34.1 Å². The van der Waals surface area contributed by atoms with Gasteiger partial charge in [-0.2, -0.15) is 0 Å². The summed E-state index contributed by atoms with van der Waals surface area (Å²) in [6, 6.07) is 0.617. The summed E-state index contributed by atoms with van der Waals surface area (Å²) in [5.41, 5.74) is 1.43. The first-order valence-corrected chi connectivity index (χ1v) is 7.73. The first-order valence-electron chi connectivity index (χ1n) is 6.85. The molecule has 1 saturated carbocycles. The van der Waals surface area contributed by atoms with E-state index in [1.807, 2.05) is 0 Å². The molecule has 1 aliphatic heterocycles. The summed E-state index contributed by atoms with van der Waals surface area (Å²) in [5, 5.41) is 7.10. The number of hydrogen-bond acceptors (Lipinski definition) is 4. The number of aromatic nitrogens is 1. The maximum absolute atomic E-state index is 5.82. The van der Waals surface area contributed by atoms with E-state index in [2.05, 4.69) is 36.5 Å². The minimum absolute atomic E-state index is 0.292. The second-order valence-corrected chi connectivity index (χ2v) is 7.07. The third-order valence-electron chi connectivity index (χ3n) is 4.47. The largest absolute Gasteiger partial charge is 0.377 e. The molecule has 3 unspecified atom stereocenters. The van der Waals surface area contributed by atoms with Gasteiger partial charge in [-0.15, -0.1) is 11.3 Å². The number of nitrogens with zero attached hydrogens (tertiary/aromatic N) is 1. The van der Waals surface area contributed by atoms with Crippen molar-refractivity contribution < 1.29 is 4.74 Å². The van der Waals surface area contributed by atoms with Crippen molar-refractivity contribution in [3.8, 4) is 0 Å². The summed E-state index contributed by atoms with van der Waals surface area (Å²) in [6.45, 7) is 8.69. The molecule has 1 aromatic heterocycles. The number of ether oxygens (including phenoxy) is 1. The van der Waals surface area contributed by atoms with E-state index in [1.165, 1.54) is 11.4 Å². The Balaban J connectivity index is 1.51. The van der Waals surface area contributed by atoms with Gasteiger partial charge < -0.3 is 10.1 Å². The molecule has 0 amide bonds. The molecule has 3 rings (SSSR count). The van der Waals surface area contributed by atoms with E-state index in [9.17, 15) is 0 Å². The van der Waals surface area contributed by atoms with E-state index >= 15 is 0 Å². The molecule has 18 heavy (non-hydrogen) atoms. The molecule has 2 aliphatic rings. The average Bonchev–Trinajstić information content (AvgIpc) is 2.92. The molecule has 2 heterocycles. The summed E-state index contributed by atoms with van der Waals surface area (Å²) in [4.78, 5) is 4.51. The molecule has 1 aromatic rings. The van der Waals surface area contributed by atoms with Crippen LogP contribution in [-0.2, 0) is 11.2 Å². The maximum Gasteiger partial charge on any atom is 0.0940 e. The number of thiazole rings is 1. The van der Waals surface area contributed by atoms with Crippen molar-refractivity contribution >= 4 is 11.3 Å². The fraction of sp³-hybridized carbons (Fsp3) is 0.786. The van der Waals surface area contributed by atoms with Gasteiger partial charge in [0, 0.05) is 48.0 Å². The lowest BCUT2D eigenvalue weighted by Crippen LogP contribution is -2.66. The highest BCUT2D eigenvalue weighted by Gasteiger charge is 2.58. The van der Waals surface area contributed by atoms with Gasteiger partial charge in [-0.05, 0) is 13.3 Å². The molecular weight excluding hydrogens is 244 g/mol. The third kappa shape index (κ3) is 2.00. The Morgan fingerprint density at radius 1 is 1.56 bits per heavy atom. The molecule has 1 N–H and O–H groups in total. The van der Waals surface area contributed by atoms with Crippen LogP contribution >= 0.6 is 11.3 Å². The third-order valence-corrected chi connectivity index (χ3v) is 5.50. The van der Waals surface area contributed by atoms with Crippen molar-refractivity contribution in [1.82, 2.24) is 10.3 Å². The van der Waals surface area contributed by atoms with E-state index in [1.54, 1.807) is 11.3 Å². The zero-order valence-corrected chi connectivity index (χ0v) is 12.2. The molecule has 3 nitrogen and oxygen atoms in total. The summed E-state index contributed by atoms with van der Waals surface area (Å²) in [6.07, 6.45) is 2.75. The van der Waals surface area contributed by atoms with Gasteiger partial charge in [-0.1, -0.05) is 13.8 Å². The van der Waals surface area contributed by atoms with Crippen LogP contribution in [0.25, 0.3) is 0 Å². The normalized spacial score (nSPS) is 33.2. The highest BCUT2D eigenvalue weighted by molar-refractivity contribution is 7.09. The number of aryl methyl sites for hydroxylation is 1. The van der Waals surface area contributed by atoms with Gasteiger partial charge in [-0.3, -0.25) is 0 Å². The summed E-state index contributed by atoms with van der Waals surface area (Å²) < 4.78 is 5.82. The standard InChI is InChI=1S/C14H22N2OS/c1-9-8-18-11(16-9)4-6-15-12-10-5-7-17-13(10)14(12,2)3/h8,10,12-13,15H,4-7H2,1-3H3. The molecule has 0 spiro atoms. The highest BCUT2D eigenvalue weighted by Crippen LogP contribution is 2.51. The lowest BCUT2D eigenvalue weighted by atomic mass is 9.57. The monoisotopic (exact) mass is 266 g/mol. The van der Waals surface area contributed by atoms with Gasteiger partial charge in [0.2, 0.25) is 0 Å². The molecule has 0 bridgehead atoms. The van der Waals surface area contributed by atoms with E-state index in [4.69, 9.17) is 4.74 Å². The van der Waals surface area contributed by atoms with Gasteiger partial charge in [0.15, 0.2) is 0 Å². The summed E-state index contributed by atoms with van der Waals surface area (Å²) in [7, 11) is 0. The fourth-order valence-corrected chi connectivity index (χ4v) is 4.37. The Kier molecular flexibility index (Phi) is 3.20. The molecule has 4 heteroatoms. The molecule has 3 atom stereocenters. The summed E-state index contributed by atoms with van der Waals surface area (Å²) >= 11 is 1.77. The van der Waals surface area contributed by atoms with Crippen LogP contribution in [0.5, 0.6) is 0 Å². The second kappa shape index (κ2) is 4.58. The number of nitrogens with one attached hydrogen (secondary N) is 1. The number of hydrogen-bond donors (Lipinski definition) is 1. The van der Waals surface area contributed by atoms with Crippen molar-refractivity contribution in [2.24, 2.45) is 11.3 Å². The molecule has 2 fully saturated rings. The van der Waals surface area contributed by atoms with Gasteiger partial charge in [-0.25, -0.2) is 4.98 Å². The molecule has 100 valence electrons. The molecular formula is C14H22N2OS. The van der Waals surface area contributed by atoms with Crippen LogP contribution in [0.2, 0.25) is 0 Å². The Morgan fingerprint density at radius 3 is 3.11 bits per heavy atom. The Hall–Kier alpha value is -0.450. The van der Waals surface area contributed by atoms with E-state index < -0.39 is 0 Å². The zero-order valence-electron chi connectivity index (χ0n) is 11.4. The number of rotatable bonds is 4. The first-order chi connectivity index (χ1) is 8.59. The molecule has 0 radical (unpaired) electrons. The summed E-state index contributed by atoms with van der Waals surface area (Å²) in [5.74, 6) is 0.734. The fourth-order valence-electron chi connectivity index (χ4n) is 3.59. The van der Waals surface area contributed by atoms with Crippen LogP contribution in [0.15, 0.2) is 5.38 Å². The predicted molar refractivity (Wildman–Crippen MR) is 74.0 cm³/mol. The number of fused-ring (bicyclic) bond motifs is 1. The quantitative estimate of drug-likeness (QED) is 0.908. The highest BCUT2D eigenvalue weighted by atomic mass is 32.1. The van der Waals surface area contributed by atoms with E-state index in [0.717, 1.165) is 31.2 Å². The van der Waals surface area contributed by atoms with Crippen molar-refractivity contribution in [3.05, 3.63) is 16.1 Å². The first kappa shape index (κ1) is 12.6. The van der Waals surface area contributed by atoms with Gasteiger partial charge in [0.1, 0.15) is 0 Å². The van der Waals surface area contributed by atoms with E-state index in [0.29, 0.717) is 17.6 Å². The van der Waals surface area contributed by atoms with Gasteiger partial charge >= 0.3 is 0 Å². The van der Waals surface area contributed by atoms with Crippen LogP contribution in [-0.4, -0.2) is 30.3 Å². The molecule has 1 saturated heterocycles. The zero-order chi connectivity index (χ0) is 12.8. The van der Waals surface area contributed by atoms with E-state index in [-0.39, 0.29) is 0 Å². The van der Waals surface area contributed by atoms with Crippen molar-refractivity contribution in [2.75, 3.05) is 13.2 Å². The smallest absolute Gasteiger partial charge is 0.0940 e. The Labute approximate surface area is 113 Å². The van der Waals surface area contributed by atoms with Crippen molar-refractivity contribution in [3.63, 3.8) is 0 Å². The minimum Gasteiger partial charge on any atom is -0.377 e. The van der Waals surface area contributed by atoms with Crippen LogP contribution < -0.4 is 5.32 Å². The van der Waals surface area contributed by atoms with Crippen molar-refractivity contribution in [1.29, 1.82) is 0 Å². The lowest BCUT2D eigenvalue weighted by molar-refractivity contribution is -0.112. The SMILES string of the molecule is Cc1csc(CCNC2C3CCOC3C2(C)C)n1. The van der Waals surface area contributed by atoms with Crippen LogP contribution in [0, 0.1) is 18.3 Å². The predicted octanol–water partition coefficient (Wildman–Crippen LogP) is 2.40. The van der Waals surface area contributed by atoms with Gasteiger partial charge in [0.25, 0.3) is 0 Å². The van der Waals surface area contributed by atoms with Gasteiger partial charge in [0.05, 0.1) is 11.1 Å². The molecule has 1 aliphatic carbocycles. The second-order valence-electron chi connectivity index (χ2n) is 6.13. The van der Waals surface area contributed by atoms with Crippen LogP contribution in [0.4, 0.5) is 0 Å². The lowest BCUT2D eigenvalue weighted by Gasteiger charge is -2.55. The Bertz CT molecular complexity index is 429. The van der Waals surface area contributed by atoms with Crippen LogP contribution in [0.1, 0.15) is 31.0 Å².